The molecule has 0 radical (unpaired) electrons. The van der Waals surface area contributed by atoms with Crippen molar-refractivity contribution >= 4 is 35.3 Å². The minimum Gasteiger partial charge on any atom is -0.335 e. The van der Waals surface area contributed by atoms with Crippen LogP contribution in [0.1, 0.15) is 32.6 Å². The SMILES string of the molecule is C[C@@H]1CCCC[C@H]1NC(=O)NC(=O)CSc1nnc(-c2ccc(Cl)cc2)n1C. The van der Waals surface area contributed by atoms with Crippen molar-refractivity contribution in [2.75, 3.05) is 5.75 Å². The highest BCUT2D eigenvalue weighted by molar-refractivity contribution is 7.99. The Bertz CT molecular complexity index is 839. The van der Waals surface area contributed by atoms with E-state index in [0.29, 0.717) is 21.9 Å². The maximum absolute atomic E-state index is 12.1. The van der Waals surface area contributed by atoms with Gasteiger partial charge >= 0.3 is 6.03 Å². The Kier molecular flexibility index (Phi) is 6.96. The maximum Gasteiger partial charge on any atom is 0.321 e. The molecule has 1 aromatic heterocycles. The first-order valence-electron chi connectivity index (χ1n) is 9.32. The Hall–Kier alpha value is -2.06. The molecule has 1 fully saturated rings. The van der Waals surface area contributed by atoms with Crippen LogP contribution in [0.2, 0.25) is 5.02 Å². The fourth-order valence-corrected chi connectivity index (χ4v) is 4.16. The number of amides is 3. The first-order chi connectivity index (χ1) is 13.4. The number of rotatable bonds is 5. The number of benzene rings is 1. The van der Waals surface area contributed by atoms with Gasteiger partial charge in [0.25, 0.3) is 0 Å². The summed E-state index contributed by atoms with van der Waals surface area (Å²) >= 11 is 7.15. The average Bonchev–Trinajstić information content (AvgIpc) is 3.03. The van der Waals surface area contributed by atoms with Gasteiger partial charge in [-0.1, -0.05) is 43.1 Å². The molecule has 1 aliphatic rings. The monoisotopic (exact) mass is 421 g/mol. The molecule has 0 aliphatic heterocycles. The molecular formula is C19H24ClN5O2S. The van der Waals surface area contributed by atoms with Gasteiger partial charge in [-0.3, -0.25) is 10.1 Å². The molecule has 150 valence electrons. The molecule has 1 heterocycles. The largest absolute Gasteiger partial charge is 0.335 e. The van der Waals surface area contributed by atoms with Crippen molar-refractivity contribution in [1.29, 1.82) is 0 Å². The van der Waals surface area contributed by atoms with Crippen molar-refractivity contribution < 1.29 is 9.59 Å². The minimum atomic E-state index is -0.427. The van der Waals surface area contributed by atoms with Crippen molar-refractivity contribution in [3.8, 4) is 11.4 Å². The van der Waals surface area contributed by atoms with Crippen LogP contribution in [0.3, 0.4) is 0 Å². The molecule has 0 spiro atoms. The topological polar surface area (TPSA) is 88.9 Å². The summed E-state index contributed by atoms with van der Waals surface area (Å²) in [6, 6.07) is 7.02. The summed E-state index contributed by atoms with van der Waals surface area (Å²) in [4.78, 5) is 24.2. The van der Waals surface area contributed by atoms with Gasteiger partial charge in [-0.25, -0.2) is 4.79 Å². The molecule has 2 aromatic rings. The number of carbonyl (C=O) groups excluding carboxylic acids is 2. The zero-order valence-corrected chi connectivity index (χ0v) is 17.5. The summed E-state index contributed by atoms with van der Waals surface area (Å²) in [7, 11) is 1.83. The number of nitrogens with zero attached hydrogens (tertiary/aromatic N) is 3. The highest BCUT2D eigenvalue weighted by Crippen LogP contribution is 2.24. The Balaban J connectivity index is 1.50. The van der Waals surface area contributed by atoms with Gasteiger partial charge in [0.2, 0.25) is 5.91 Å². The molecule has 0 unspecified atom stereocenters. The Labute approximate surface area is 173 Å². The summed E-state index contributed by atoms with van der Waals surface area (Å²) in [5, 5.41) is 14.9. The van der Waals surface area contributed by atoms with Crippen molar-refractivity contribution in [2.45, 2.75) is 43.8 Å². The van der Waals surface area contributed by atoms with Gasteiger partial charge in [-0.05, 0) is 43.0 Å². The van der Waals surface area contributed by atoms with Crippen LogP contribution in [0.25, 0.3) is 11.4 Å². The lowest BCUT2D eigenvalue weighted by Gasteiger charge is -2.29. The van der Waals surface area contributed by atoms with E-state index in [1.165, 1.54) is 18.2 Å². The van der Waals surface area contributed by atoms with E-state index in [1.54, 1.807) is 12.1 Å². The highest BCUT2D eigenvalue weighted by Gasteiger charge is 2.23. The molecular weight excluding hydrogens is 398 g/mol. The molecule has 9 heteroatoms. The number of aromatic nitrogens is 3. The third kappa shape index (κ3) is 5.26. The number of hydrogen-bond donors (Lipinski definition) is 2. The van der Waals surface area contributed by atoms with Crippen molar-refractivity contribution in [3.05, 3.63) is 29.3 Å². The van der Waals surface area contributed by atoms with Gasteiger partial charge in [0.1, 0.15) is 0 Å². The Morgan fingerprint density at radius 2 is 1.93 bits per heavy atom. The number of hydrogen-bond acceptors (Lipinski definition) is 5. The highest BCUT2D eigenvalue weighted by atomic mass is 35.5. The maximum atomic E-state index is 12.1. The van der Waals surface area contributed by atoms with Crippen LogP contribution in [-0.2, 0) is 11.8 Å². The number of nitrogens with one attached hydrogen (secondary N) is 2. The Morgan fingerprint density at radius 3 is 2.64 bits per heavy atom. The molecule has 0 saturated heterocycles. The lowest BCUT2D eigenvalue weighted by atomic mass is 9.86. The number of imide groups is 1. The van der Waals surface area contributed by atoms with Crippen LogP contribution in [0.4, 0.5) is 4.79 Å². The molecule has 0 bridgehead atoms. The van der Waals surface area contributed by atoms with Gasteiger partial charge in [0.15, 0.2) is 11.0 Å². The van der Waals surface area contributed by atoms with Gasteiger partial charge in [-0.2, -0.15) is 0 Å². The number of urea groups is 1. The first-order valence-corrected chi connectivity index (χ1v) is 10.7. The van der Waals surface area contributed by atoms with Gasteiger partial charge < -0.3 is 9.88 Å². The number of carbonyl (C=O) groups is 2. The van der Waals surface area contributed by atoms with E-state index in [1.807, 2.05) is 23.7 Å². The molecule has 3 rings (SSSR count). The molecule has 1 saturated carbocycles. The first kappa shape index (κ1) is 20.7. The predicted molar refractivity (Wildman–Crippen MR) is 110 cm³/mol. The van der Waals surface area contributed by atoms with Gasteiger partial charge in [0, 0.05) is 23.7 Å². The Morgan fingerprint density at radius 1 is 1.21 bits per heavy atom. The third-order valence-electron chi connectivity index (χ3n) is 4.95. The minimum absolute atomic E-state index is 0.0836. The second-order valence-corrected chi connectivity index (χ2v) is 8.43. The van der Waals surface area contributed by atoms with Crippen molar-refractivity contribution in [3.63, 3.8) is 0 Å². The molecule has 28 heavy (non-hydrogen) atoms. The van der Waals surface area contributed by atoms with Crippen LogP contribution in [0.15, 0.2) is 29.4 Å². The lowest BCUT2D eigenvalue weighted by Crippen LogP contribution is -2.48. The average molecular weight is 422 g/mol. The quantitative estimate of drug-likeness (QED) is 0.719. The normalized spacial score (nSPS) is 19.2. The summed E-state index contributed by atoms with van der Waals surface area (Å²) in [6.07, 6.45) is 4.38. The smallest absolute Gasteiger partial charge is 0.321 e. The fourth-order valence-electron chi connectivity index (χ4n) is 3.32. The summed E-state index contributed by atoms with van der Waals surface area (Å²) < 4.78 is 1.81. The summed E-state index contributed by atoms with van der Waals surface area (Å²) in [6.45, 7) is 2.13. The summed E-state index contributed by atoms with van der Waals surface area (Å²) in [5.74, 6) is 0.847. The molecule has 7 nitrogen and oxygen atoms in total. The fraction of sp³-hybridized carbons (Fsp3) is 0.474. The zero-order valence-electron chi connectivity index (χ0n) is 15.9. The number of thioether (sulfide) groups is 1. The van der Waals surface area contributed by atoms with E-state index < -0.39 is 6.03 Å². The van der Waals surface area contributed by atoms with Crippen LogP contribution in [-0.4, -0.2) is 38.5 Å². The predicted octanol–water partition coefficient (Wildman–Crippen LogP) is 3.63. The van der Waals surface area contributed by atoms with Crippen LogP contribution in [0.5, 0.6) is 0 Å². The van der Waals surface area contributed by atoms with Crippen LogP contribution >= 0.6 is 23.4 Å². The molecule has 1 aromatic carbocycles. The molecule has 1 aliphatic carbocycles. The molecule has 3 amide bonds. The van der Waals surface area contributed by atoms with Crippen molar-refractivity contribution in [2.24, 2.45) is 13.0 Å². The summed E-state index contributed by atoms with van der Waals surface area (Å²) in [5.41, 5.74) is 0.886. The van der Waals surface area contributed by atoms with Crippen molar-refractivity contribution in [1.82, 2.24) is 25.4 Å². The van der Waals surface area contributed by atoms with Crippen LogP contribution in [0, 0.1) is 5.92 Å². The van der Waals surface area contributed by atoms with Gasteiger partial charge in [-0.15, -0.1) is 10.2 Å². The lowest BCUT2D eigenvalue weighted by molar-refractivity contribution is -0.117. The van der Waals surface area contributed by atoms with Crippen LogP contribution < -0.4 is 10.6 Å². The number of halogens is 1. The van der Waals surface area contributed by atoms with E-state index in [-0.39, 0.29) is 17.7 Å². The van der Waals surface area contributed by atoms with E-state index in [0.717, 1.165) is 24.8 Å². The van der Waals surface area contributed by atoms with Gasteiger partial charge in [0.05, 0.1) is 5.75 Å². The zero-order chi connectivity index (χ0) is 20.1. The van der Waals surface area contributed by atoms with E-state index >= 15 is 0 Å². The second kappa shape index (κ2) is 9.43. The molecule has 2 N–H and O–H groups in total. The second-order valence-electron chi connectivity index (χ2n) is 7.05. The standard InChI is InChI=1S/C19H24ClN5O2S/c1-12-5-3-4-6-15(12)21-18(27)22-16(26)11-28-19-24-23-17(25(19)2)13-7-9-14(20)10-8-13/h7-10,12,15H,3-6,11H2,1-2H3,(H2,21,22,26,27)/t12-,15-/m1/s1. The third-order valence-corrected chi connectivity index (χ3v) is 6.22. The molecule has 2 atom stereocenters. The van der Waals surface area contributed by atoms with E-state index in [9.17, 15) is 9.59 Å². The van der Waals surface area contributed by atoms with E-state index in [4.69, 9.17) is 11.6 Å². The van der Waals surface area contributed by atoms with E-state index in [2.05, 4.69) is 27.8 Å².